The van der Waals surface area contributed by atoms with Crippen molar-refractivity contribution in [3.8, 4) is 61.3 Å². The average Bonchev–Trinajstić information content (AvgIpc) is 3.97. The van der Waals surface area contributed by atoms with E-state index in [4.69, 9.17) is 4.42 Å². The maximum Gasteiger partial charge on any atom is 0.136 e. The number of para-hydroxylation sites is 3. The van der Waals surface area contributed by atoms with E-state index in [-0.39, 0.29) is 0 Å². The molecule has 324 valence electrons. The molecular weight excluding hydrogens is 837 g/mol. The molecule has 13 aromatic rings. The minimum absolute atomic E-state index is 0.895. The first-order valence-electron chi connectivity index (χ1n) is 23.6. The second-order valence-corrected chi connectivity index (χ2v) is 17.7. The standard InChI is InChI=1S/C66H44N2O/c1-2-13-45(14-3-1)46-25-27-47(28-26-46)48-29-36-53(37-30-48)67(54-38-31-49(32-39-54)51-15-12-16-56(43-51)68-63-22-9-6-19-59(63)60-20-7-10-23-64(60)68)55-40-33-50(34-41-55)57-17-4-5-18-58(57)52-35-42-62-61-21-8-11-24-65(61)69-66(62)44-52/h1-44H. The Bertz CT molecular complexity index is 3920. The molecule has 0 bridgehead atoms. The molecule has 0 N–H and O–H groups in total. The van der Waals surface area contributed by atoms with Gasteiger partial charge in [-0.1, -0.05) is 188 Å². The van der Waals surface area contributed by atoms with Crippen molar-refractivity contribution in [3.63, 3.8) is 0 Å². The fourth-order valence-electron chi connectivity index (χ4n) is 10.2. The Labute approximate surface area is 401 Å². The van der Waals surface area contributed by atoms with Crippen LogP contribution in [-0.4, -0.2) is 4.57 Å². The van der Waals surface area contributed by atoms with E-state index in [9.17, 15) is 0 Å². The van der Waals surface area contributed by atoms with Crippen LogP contribution >= 0.6 is 0 Å². The maximum atomic E-state index is 6.31. The first-order chi connectivity index (χ1) is 34.2. The minimum Gasteiger partial charge on any atom is -0.456 e. The Balaban J connectivity index is 0.857. The first kappa shape index (κ1) is 40.1. The van der Waals surface area contributed by atoms with Crippen LogP contribution in [0.5, 0.6) is 0 Å². The number of fused-ring (bicyclic) bond motifs is 6. The number of aromatic nitrogens is 1. The molecule has 2 heterocycles. The maximum absolute atomic E-state index is 6.31. The summed E-state index contributed by atoms with van der Waals surface area (Å²) in [6.45, 7) is 0. The Hall–Kier alpha value is -9.18. The molecule has 3 heteroatoms. The number of rotatable bonds is 9. The predicted molar refractivity (Wildman–Crippen MR) is 290 cm³/mol. The van der Waals surface area contributed by atoms with Crippen molar-refractivity contribution < 1.29 is 4.42 Å². The number of hydrogen-bond donors (Lipinski definition) is 0. The van der Waals surface area contributed by atoms with E-state index >= 15 is 0 Å². The van der Waals surface area contributed by atoms with E-state index in [0.717, 1.165) is 72.5 Å². The van der Waals surface area contributed by atoms with E-state index < -0.39 is 0 Å². The van der Waals surface area contributed by atoms with Crippen molar-refractivity contribution in [2.45, 2.75) is 0 Å². The molecule has 0 radical (unpaired) electrons. The van der Waals surface area contributed by atoms with Crippen LogP contribution in [0.15, 0.2) is 271 Å². The smallest absolute Gasteiger partial charge is 0.136 e. The Morgan fingerprint density at radius 2 is 0.681 bits per heavy atom. The zero-order valence-electron chi connectivity index (χ0n) is 37.7. The second kappa shape index (κ2) is 16.9. The molecule has 13 rings (SSSR count). The van der Waals surface area contributed by atoms with Gasteiger partial charge in [-0.15, -0.1) is 0 Å². The predicted octanol–water partition coefficient (Wildman–Crippen LogP) is 18.5. The zero-order valence-corrected chi connectivity index (χ0v) is 37.7. The molecular formula is C66H44N2O. The molecule has 2 aromatic heterocycles. The van der Waals surface area contributed by atoms with Crippen LogP contribution in [0.3, 0.4) is 0 Å². The molecule has 11 aromatic carbocycles. The Morgan fingerprint density at radius 3 is 1.29 bits per heavy atom. The summed E-state index contributed by atoms with van der Waals surface area (Å²) in [5.74, 6) is 0. The van der Waals surface area contributed by atoms with Crippen LogP contribution in [0.25, 0.3) is 105 Å². The van der Waals surface area contributed by atoms with Crippen molar-refractivity contribution in [2.75, 3.05) is 4.90 Å². The summed E-state index contributed by atoms with van der Waals surface area (Å²) in [6.07, 6.45) is 0. The first-order valence-corrected chi connectivity index (χ1v) is 23.6. The molecule has 0 atom stereocenters. The third-order valence-electron chi connectivity index (χ3n) is 13.6. The van der Waals surface area contributed by atoms with E-state index in [1.165, 1.54) is 49.6 Å². The SMILES string of the molecule is c1ccc(-c2ccc(-c3ccc(N(c4ccc(-c5cccc(-n6c7ccccc7c7ccccc76)c5)cc4)c4ccc(-c5ccccc5-c5ccc6c(c5)oc5ccccc56)cc4)cc3)cc2)cc1. The number of benzene rings is 11. The summed E-state index contributed by atoms with van der Waals surface area (Å²) in [5, 5.41) is 4.79. The molecule has 0 unspecified atom stereocenters. The number of hydrogen-bond acceptors (Lipinski definition) is 2. The molecule has 0 aliphatic rings. The number of nitrogens with zero attached hydrogens (tertiary/aromatic N) is 2. The van der Waals surface area contributed by atoms with Gasteiger partial charge in [-0.05, 0) is 134 Å². The monoisotopic (exact) mass is 880 g/mol. The zero-order chi connectivity index (χ0) is 45.7. The number of furan rings is 1. The highest BCUT2D eigenvalue weighted by Crippen LogP contribution is 2.41. The van der Waals surface area contributed by atoms with E-state index in [2.05, 4.69) is 264 Å². The molecule has 0 amide bonds. The summed E-state index contributed by atoms with van der Waals surface area (Å²) >= 11 is 0. The van der Waals surface area contributed by atoms with E-state index in [0.29, 0.717) is 0 Å². The van der Waals surface area contributed by atoms with Crippen LogP contribution in [0.1, 0.15) is 0 Å². The highest BCUT2D eigenvalue weighted by atomic mass is 16.3. The second-order valence-electron chi connectivity index (χ2n) is 17.7. The fourth-order valence-corrected chi connectivity index (χ4v) is 10.2. The van der Waals surface area contributed by atoms with Crippen molar-refractivity contribution in [1.29, 1.82) is 0 Å². The average molecular weight is 881 g/mol. The molecule has 0 aliphatic heterocycles. The van der Waals surface area contributed by atoms with Crippen molar-refractivity contribution in [2.24, 2.45) is 0 Å². The van der Waals surface area contributed by atoms with Crippen LogP contribution in [-0.2, 0) is 0 Å². The number of anilines is 3. The van der Waals surface area contributed by atoms with Gasteiger partial charge in [0.15, 0.2) is 0 Å². The van der Waals surface area contributed by atoms with Gasteiger partial charge in [0.25, 0.3) is 0 Å². The minimum atomic E-state index is 0.895. The molecule has 0 saturated carbocycles. The molecule has 69 heavy (non-hydrogen) atoms. The third kappa shape index (κ3) is 7.25. The summed E-state index contributed by atoms with van der Waals surface area (Å²) in [4.78, 5) is 2.35. The highest BCUT2D eigenvalue weighted by molar-refractivity contribution is 6.09. The highest BCUT2D eigenvalue weighted by Gasteiger charge is 2.17. The van der Waals surface area contributed by atoms with Crippen LogP contribution in [0.2, 0.25) is 0 Å². The summed E-state index contributed by atoms with van der Waals surface area (Å²) in [5.41, 5.74) is 20.3. The topological polar surface area (TPSA) is 21.3 Å². The Morgan fingerprint density at radius 1 is 0.261 bits per heavy atom. The van der Waals surface area contributed by atoms with Gasteiger partial charge in [-0.25, -0.2) is 0 Å². The van der Waals surface area contributed by atoms with Crippen molar-refractivity contribution >= 4 is 60.8 Å². The van der Waals surface area contributed by atoms with Gasteiger partial charge in [-0.3, -0.25) is 0 Å². The fraction of sp³-hybridized carbons (Fsp3) is 0. The largest absolute Gasteiger partial charge is 0.456 e. The van der Waals surface area contributed by atoms with Gasteiger partial charge < -0.3 is 13.9 Å². The molecule has 0 fully saturated rings. The van der Waals surface area contributed by atoms with Crippen LogP contribution < -0.4 is 4.90 Å². The van der Waals surface area contributed by atoms with Crippen molar-refractivity contribution in [1.82, 2.24) is 4.57 Å². The van der Waals surface area contributed by atoms with Gasteiger partial charge in [0.2, 0.25) is 0 Å². The Kier molecular flexibility index (Phi) is 9.84. The lowest BCUT2D eigenvalue weighted by molar-refractivity contribution is 0.669. The van der Waals surface area contributed by atoms with E-state index in [1.54, 1.807) is 0 Å². The van der Waals surface area contributed by atoms with Gasteiger partial charge in [0.1, 0.15) is 11.2 Å². The van der Waals surface area contributed by atoms with Crippen molar-refractivity contribution in [3.05, 3.63) is 267 Å². The molecule has 0 saturated heterocycles. The third-order valence-corrected chi connectivity index (χ3v) is 13.6. The van der Waals surface area contributed by atoms with E-state index in [1.807, 2.05) is 12.1 Å². The lowest BCUT2D eigenvalue weighted by Crippen LogP contribution is -2.09. The lowest BCUT2D eigenvalue weighted by atomic mass is 9.94. The molecule has 0 spiro atoms. The van der Waals surface area contributed by atoms with Crippen LogP contribution in [0, 0.1) is 0 Å². The van der Waals surface area contributed by atoms with Crippen LogP contribution in [0.4, 0.5) is 17.1 Å². The van der Waals surface area contributed by atoms with Gasteiger partial charge >= 0.3 is 0 Å². The lowest BCUT2D eigenvalue weighted by Gasteiger charge is -2.26. The van der Waals surface area contributed by atoms with Gasteiger partial charge in [0, 0.05) is 44.3 Å². The summed E-state index contributed by atoms with van der Waals surface area (Å²) in [6, 6.07) is 96.1. The van der Waals surface area contributed by atoms with Gasteiger partial charge in [0.05, 0.1) is 11.0 Å². The normalized spacial score (nSPS) is 11.5. The molecule has 0 aliphatic carbocycles. The summed E-state index contributed by atoms with van der Waals surface area (Å²) < 4.78 is 8.70. The van der Waals surface area contributed by atoms with Gasteiger partial charge in [-0.2, -0.15) is 0 Å². The quantitative estimate of drug-likeness (QED) is 0.144. The molecule has 3 nitrogen and oxygen atoms in total. The summed E-state index contributed by atoms with van der Waals surface area (Å²) in [7, 11) is 0.